The molecule has 0 amide bonds. The summed E-state index contributed by atoms with van der Waals surface area (Å²) < 4.78 is 5.19. The van der Waals surface area contributed by atoms with Gasteiger partial charge in [-0.1, -0.05) is 11.6 Å². The molecule has 0 spiro atoms. The summed E-state index contributed by atoms with van der Waals surface area (Å²) in [6.45, 7) is 1.82. The molecule has 0 aromatic heterocycles. The molecule has 90 valence electrons. The lowest BCUT2D eigenvalue weighted by molar-refractivity contribution is 0.364. The van der Waals surface area contributed by atoms with Crippen molar-refractivity contribution in [3.05, 3.63) is 22.2 Å². The fourth-order valence-electron chi connectivity index (χ4n) is 2.10. The number of phenols is 1. The second-order valence-corrected chi connectivity index (χ2v) is 4.55. The normalized spacial score (nSPS) is 16.2. The van der Waals surface area contributed by atoms with Gasteiger partial charge in [-0.2, -0.15) is 4.99 Å². The first-order chi connectivity index (χ1) is 8.05. The van der Waals surface area contributed by atoms with Crippen LogP contribution in [0.5, 0.6) is 11.5 Å². The van der Waals surface area contributed by atoms with Crippen molar-refractivity contribution < 1.29 is 14.6 Å². The molecule has 0 saturated heterocycles. The van der Waals surface area contributed by atoms with Crippen LogP contribution in [0.4, 0.5) is 0 Å². The van der Waals surface area contributed by atoms with E-state index in [9.17, 15) is 9.90 Å². The molecule has 0 radical (unpaired) electrons. The lowest BCUT2D eigenvalue weighted by Gasteiger charge is -2.18. The minimum Gasteiger partial charge on any atom is -0.504 e. The minimum atomic E-state index is -0.612. The Bertz CT molecular complexity index is 517. The molecular weight excluding hydrogens is 242 g/mol. The van der Waals surface area contributed by atoms with Crippen LogP contribution in [0.15, 0.2) is 11.1 Å². The summed E-state index contributed by atoms with van der Waals surface area (Å²) >= 11 is 6.03. The molecule has 0 atom stereocenters. The number of nitrogens with zero attached hydrogens (tertiary/aromatic N) is 1. The number of phenolic OH excluding ortho intramolecular Hbond substituents is 1. The van der Waals surface area contributed by atoms with E-state index in [4.69, 9.17) is 16.3 Å². The number of isocyanates is 1. The zero-order valence-corrected chi connectivity index (χ0v) is 10.3. The predicted octanol–water partition coefficient (Wildman–Crippen LogP) is 2.69. The molecule has 1 aromatic carbocycles. The molecular formula is C12H12ClNO3. The van der Waals surface area contributed by atoms with E-state index < -0.39 is 5.54 Å². The Labute approximate surface area is 104 Å². The molecule has 1 fully saturated rings. The molecule has 1 aliphatic rings. The molecule has 1 saturated carbocycles. The van der Waals surface area contributed by atoms with Gasteiger partial charge in [0.25, 0.3) is 0 Å². The van der Waals surface area contributed by atoms with Crippen LogP contribution in [-0.4, -0.2) is 18.3 Å². The fourth-order valence-corrected chi connectivity index (χ4v) is 2.30. The summed E-state index contributed by atoms with van der Waals surface area (Å²) in [7, 11) is 1.46. The highest BCUT2D eigenvalue weighted by Crippen LogP contribution is 2.56. The summed E-state index contributed by atoms with van der Waals surface area (Å²) in [5, 5.41) is 10.2. The van der Waals surface area contributed by atoms with Crippen molar-refractivity contribution in [3.63, 3.8) is 0 Å². The minimum absolute atomic E-state index is 0.0366. The Kier molecular flexibility index (Phi) is 2.86. The lowest BCUT2D eigenvalue weighted by Crippen LogP contribution is -2.08. The van der Waals surface area contributed by atoms with Gasteiger partial charge in [0, 0.05) is 16.7 Å². The Balaban J connectivity index is 2.71. The maximum Gasteiger partial charge on any atom is 0.235 e. The van der Waals surface area contributed by atoms with Crippen molar-refractivity contribution in [2.75, 3.05) is 7.11 Å². The Morgan fingerprint density at radius 3 is 2.71 bits per heavy atom. The van der Waals surface area contributed by atoms with Crippen LogP contribution in [0.25, 0.3) is 0 Å². The van der Waals surface area contributed by atoms with Crippen LogP contribution in [-0.2, 0) is 10.3 Å². The van der Waals surface area contributed by atoms with Gasteiger partial charge in [0.05, 0.1) is 7.11 Å². The number of rotatable bonds is 3. The SMILES string of the molecule is COc1c(O)cc(Cl)c(C)c1C1(N=C=O)CC1. The average molecular weight is 254 g/mol. The standard InChI is InChI=1S/C12H12ClNO3/c1-7-8(13)5-9(16)11(17-2)10(7)12(3-4-12)14-6-15/h5,16H,3-4H2,1-2H3. The van der Waals surface area contributed by atoms with Crippen molar-refractivity contribution in [1.29, 1.82) is 0 Å². The van der Waals surface area contributed by atoms with E-state index in [-0.39, 0.29) is 5.75 Å². The molecule has 0 aliphatic heterocycles. The number of benzene rings is 1. The summed E-state index contributed by atoms with van der Waals surface area (Å²) in [6, 6.07) is 1.43. The first-order valence-electron chi connectivity index (χ1n) is 5.21. The third-order valence-corrected chi connectivity index (χ3v) is 3.50. The summed E-state index contributed by atoms with van der Waals surface area (Å²) in [5.74, 6) is 0.300. The molecule has 2 rings (SSSR count). The predicted molar refractivity (Wildman–Crippen MR) is 63.4 cm³/mol. The van der Waals surface area contributed by atoms with Crippen molar-refractivity contribution in [3.8, 4) is 11.5 Å². The van der Waals surface area contributed by atoms with E-state index in [2.05, 4.69) is 4.99 Å². The third-order valence-electron chi connectivity index (χ3n) is 3.11. The maximum atomic E-state index is 10.5. The van der Waals surface area contributed by atoms with Crippen molar-refractivity contribution >= 4 is 17.7 Å². The van der Waals surface area contributed by atoms with Gasteiger partial charge >= 0.3 is 0 Å². The second-order valence-electron chi connectivity index (χ2n) is 4.15. The maximum absolute atomic E-state index is 10.5. The Morgan fingerprint density at radius 1 is 1.59 bits per heavy atom. The first kappa shape index (κ1) is 12.0. The molecule has 1 N–H and O–H groups in total. The van der Waals surface area contributed by atoms with Gasteiger partial charge in [-0.3, -0.25) is 0 Å². The van der Waals surface area contributed by atoms with Gasteiger partial charge in [0.1, 0.15) is 5.54 Å². The largest absolute Gasteiger partial charge is 0.504 e. The molecule has 0 bridgehead atoms. The number of hydrogen-bond acceptors (Lipinski definition) is 4. The van der Waals surface area contributed by atoms with E-state index in [1.807, 2.05) is 6.92 Å². The number of hydrogen-bond donors (Lipinski definition) is 1. The first-order valence-corrected chi connectivity index (χ1v) is 5.59. The monoisotopic (exact) mass is 253 g/mol. The number of aromatic hydroxyl groups is 1. The van der Waals surface area contributed by atoms with Crippen LogP contribution in [0.2, 0.25) is 5.02 Å². The van der Waals surface area contributed by atoms with Gasteiger partial charge in [-0.15, -0.1) is 0 Å². The van der Waals surface area contributed by atoms with E-state index in [0.29, 0.717) is 16.3 Å². The number of halogens is 1. The van der Waals surface area contributed by atoms with E-state index in [1.54, 1.807) is 6.08 Å². The highest BCUT2D eigenvalue weighted by molar-refractivity contribution is 6.31. The number of carbonyl (C=O) groups excluding carboxylic acids is 1. The second kappa shape index (κ2) is 4.06. The van der Waals surface area contributed by atoms with Crippen LogP contribution < -0.4 is 4.74 Å². The highest BCUT2D eigenvalue weighted by Gasteiger charge is 2.48. The van der Waals surface area contributed by atoms with Gasteiger partial charge in [-0.25, -0.2) is 4.79 Å². The van der Waals surface area contributed by atoms with E-state index >= 15 is 0 Å². The molecule has 1 aromatic rings. The van der Waals surface area contributed by atoms with Gasteiger partial charge in [0.15, 0.2) is 11.5 Å². The molecule has 4 nitrogen and oxygen atoms in total. The molecule has 0 heterocycles. The van der Waals surface area contributed by atoms with Crippen molar-refractivity contribution in [2.24, 2.45) is 4.99 Å². The molecule has 17 heavy (non-hydrogen) atoms. The van der Waals surface area contributed by atoms with E-state index in [0.717, 1.165) is 18.4 Å². The zero-order chi connectivity index (χ0) is 12.6. The zero-order valence-electron chi connectivity index (χ0n) is 9.58. The molecule has 1 aliphatic carbocycles. The van der Waals surface area contributed by atoms with Crippen molar-refractivity contribution in [2.45, 2.75) is 25.3 Å². The fraction of sp³-hybridized carbons (Fsp3) is 0.417. The van der Waals surface area contributed by atoms with Crippen LogP contribution in [0.3, 0.4) is 0 Å². The van der Waals surface area contributed by atoms with Crippen LogP contribution in [0, 0.1) is 6.92 Å². The smallest absolute Gasteiger partial charge is 0.235 e. The highest BCUT2D eigenvalue weighted by atomic mass is 35.5. The summed E-state index contributed by atoms with van der Waals surface area (Å²) in [6.07, 6.45) is 3.05. The quantitative estimate of drug-likeness (QED) is 0.666. The molecule has 0 unspecified atom stereocenters. The number of aliphatic imine (C=N–C) groups is 1. The average Bonchev–Trinajstić information content (AvgIpc) is 3.04. The Hall–Kier alpha value is -1.51. The molecule has 5 heteroatoms. The van der Waals surface area contributed by atoms with Crippen LogP contribution >= 0.6 is 11.6 Å². The Morgan fingerprint density at radius 2 is 2.24 bits per heavy atom. The summed E-state index contributed by atoms with van der Waals surface area (Å²) in [4.78, 5) is 14.3. The van der Waals surface area contributed by atoms with E-state index in [1.165, 1.54) is 13.2 Å². The summed E-state index contributed by atoms with van der Waals surface area (Å²) in [5.41, 5.74) is 0.852. The lowest BCUT2D eigenvalue weighted by atomic mass is 9.97. The van der Waals surface area contributed by atoms with Gasteiger partial charge < -0.3 is 9.84 Å². The van der Waals surface area contributed by atoms with Crippen LogP contribution in [0.1, 0.15) is 24.0 Å². The topological polar surface area (TPSA) is 58.9 Å². The number of methoxy groups -OCH3 is 1. The van der Waals surface area contributed by atoms with Gasteiger partial charge in [0.2, 0.25) is 6.08 Å². The number of ether oxygens (including phenoxy) is 1. The van der Waals surface area contributed by atoms with Gasteiger partial charge in [-0.05, 0) is 25.3 Å². The third kappa shape index (κ3) is 1.79. The van der Waals surface area contributed by atoms with Crippen molar-refractivity contribution in [1.82, 2.24) is 0 Å².